The molecule has 4 nitrogen and oxygen atoms in total. The second-order valence-electron chi connectivity index (χ2n) is 3.41. The number of hydrogen-bond donors (Lipinski definition) is 1. The quantitative estimate of drug-likeness (QED) is 0.662. The highest BCUT2D eigenvalue weighted by Gasteiger charge is 2.24. The number of carboxylic acids is 1. The normalized spacial score (nSPS) is 22.0. The number of rotatable bonds is 1. The van der Waals surface area contributed by atoms with Crippen LogP contribution in [0.4, 0.5) is 0 Å². The second kappa shape index (κ2) is 3.20. The van der Waals surface area contributed by atoms with Crippen LogP contribution in [-0.4, -0.2) is 16.2 Å². The first-order valence-corrected chi connectivity index (χ1v) is 4.42. The zero-order valence-electron chi connectivity index (χ0n) is 7.19. The van der Waals surface area contributed by atoms with E-state index in [9.17, 15) is 4.79 Å². The van der Waals surface area contributed by atoms with E-state index < -0.39 is 5.97 Å². The number of aromatic nitrogens is 1. The van der Waals surface area contributed by atoms with Gasteiger partial charge in [-0.3, -0.25) is 4.79 Å². The van der Waals surface area contributed by atoms with Crippen molar-refractivity contribution in [2.75, 3.05) is 0 Å². The Kier molecular flexibility index (Phi) is 2.04. The number of carbonyl (C=O) groups is 1. The van der Waals surface area contributed by atoms with E-state index in [0.717, 1.165) is 30.6 Å². The molecule has 1 aromatic heterocycles. The predicted molar refractivity (Wildman–Crippen MR) is 44.3 cm³/mol. The van der Waals surface area contributed by atoms with Gasteiger partial charge in [0.2, 0.25) is 0 Å². The van der Waals surface area contributed by atoms with E-state index in [1.54, 1.807) is 6.20 Å². The van der Waals surface area contributed by atoms with E-state index in [4.69, 9.17) is 9.63 Å². The van der Waals surface area contributed by atoms with Gasteiger partial charge in [0.15, 0.2) is 0 Å². The summed E-state index contributed by atoms with van der Waals surface area (Å²) < 4.78 is 5.00. The lowest BCUT2D eigenvalue weighted by Crippen LogP contribution is -2.15. The Labute approximate surface area is 75.5 Å². The Balaban J connectivity index is 2.21. The van der Waals surface area contributed by atoms with Gasteiger partial charge < -0.3 is 9.63 Å². The van der Waals surface area contributed by atoms with E-state index in [-0.39, 0.29) is 5.92 Å². The van der Waals surface area contributed by atoms with Crippen molar-refractivity contribution >= 4 is 5.97 Å². The van der Waals surface area contributed by atoms with Crippen LogP contribution in [-0.2, 0) is 17.6 Å². The minimum atomic E-state index is -0.732. The molecule has 4 heteroatoms. The van der Waals surface area contributed by atoms with E-state index in [1.165, 1.54) is 0 Å². The summed E-state index contributed by atoms with van der Waals surface area (Å²) in [7, 11) is 0. The van der Waals surface area contributed by atoms with Gasteiger partial charge in [0, 0.05) is 12.0 Å². The average molecular weight is 181 g/mol. The molecule has 1 N–H and O–H groups in total. The second-order valence-corrected chi connectivity index (χ2v) is 3.41. The van der Waals surface area contributed by atoms with Gasteiger partial charge in [0.05, 0.1) is 12.1 Å². The molecule has 0 aromatic carbocycles. The average Bonchev–Trinajstić information content (AvgIpc) is 2.42. The third-order valence-electron chi connectivity index (χ3n) is 2.51. The van der Waals surface area contributed by atoms with Crippen molar-refractivity contribution in [1.82, 2.24) is 5.16 Å². The van der Waals surface area contributed by atoms with Crippen molar-refractivity contribution in [1.29, 1.82) is 0 Å². The summed E-state index contributed by atoms with van der Waals surface area (Å²) in [5, 5.41) is 12.5. The summed E-state index contributed by atoms with van der Waals surface area (Å²) in [5.74, 6) is -0.275. The van der Waals surface area contributed by atoms with Crippen molar-refractivity contribution in [2.24, 2.45) is 5.92 Å². The molecule has 0 radical (unpaired) electrons. The van der Waals surface area contributed by atoms with Crippen LogP contribution in [0.2, 0.25) is 0 Å². The van der Waals surface area contributed by atoms with Gasteiger partial charge in [-0.15, -0.1) is 0 Å². The maximum absolute atomic E-state index is 10.8. The first-order valence-electron chi connectivity index (χ1n) is 4.42. The zero-order chi connectivity index (χ0) is 9.26. The lowest BCUT2D eigenvalue weighted by atomic mass is 10.0. The lowest BCUT2D eigenvalue weighted by Gasteiger charge is -2.05. The number of carboxylic acid groups (broad SMARTS) is 1. The lowest BCUT2D eigenvalue weighted by molar-refractivity contribution is -0.142. The SMILES string of the molecule is O=C(O)[C@@H]1CCCc2cnoc2C1. The number of nitrogens with zero attached hydrogens (tertiary/aromatic N) is 1. The minimum Gasteiger partial charge on any atom is -0.481 e. The molecule has 0 amide bonds. The highest BCUT2D eigenvalue weighted by molar-refractivity contribution is 5.70. The fourth-order valence-corrected chi connectivity index (χ4v) is 1.73. The molecule has 0 bridgehead atoms. The molecule has 0 aliphatic heterocycles. The molecule has 70 valence electrons. The van der Waals surface area contributed by atoms with Crippen molar-refractivity contribution in [3.05, 3.63) is 17.5 Å². The predicted octanol–water partition coefficient (Wildman–Crippen LogP) is 1.25. The van der Waals surface area contributed by atoms with Crippen LogP contribution in [0.15, 0.2) is 10.7 Å². The summed E-state index contributed by atoms with van der Waals surface area (Å²) in [6.07, 6.45) is 4.72. The molecule has 2 rings (SSSR count). The molecule has 13 heavy (non-hydrogen) atoms. The van der Waals surface area contributed by atoms with Gasteiger partial charge in [0.25, 0.3) is 0 Å². The first kappa shape index (κ1) is 8.29. The Hall–Kier alpha value is -1.32. The van der Waals surface area contributed by atoms with Crippen LogP contribution in [0.5, 0.6) is 0 Å². The summed E-state index contributed by atoms with van der Waals surface area (Å²) in [6, 6.07) is 0. The number of hydrogen-bond acceptors (Lipinski definition) is 3. The van der Waals surface area contributed by atoms with E-state index >= 15 is 0 Å². The Morgan fingerprint density at radius 2 is 2.54 bits per heavy atom. The third kappa shape index (κ3) is 1.56. The summed E-state index contributed by atoms with van der Waals surface area (Å²) in [4.78, 5) is 10.8. The van der Waals surface area contributed by atoms with Gasteiger partial charge >= 0.3 is 5.97 Å². The topological polar surface area (TPSA) is 63.3 Å². The molecule has 0 saturated carbocycles. The van der Waals surface area contributed by atoms with Crippen LogP contribution >= 0.6 is 0 Å². The molecule has 0 saturated heterocycles. The summed E-state index contributed by atoms with van der Waals surface area (Å²) >= 11 is 0. The molecule has 0 unspecified atom stereocenters. The van der Waals surface area contributed by atoms with Crippen molar-refractivity contribution < 1.29 is 14.4 Å². The molecular formula is C9H11NO3. The molecular weight excluding hydrogens is 170 g/mol. The highest BCUT2D eigenvalue weighted by atomic mass is 16.5. The fraction of sp³-hybridized carbons (Fsp3) is 0.556. The minimum absolute atomic E-state index is 0.297. The number of fused-ring (bicyclic) bond motifs is 1. The van der Waals surface area contributed by atoms with Gasteiger partial charge in [0.1, 0.15) is 5.76 Å². The van der Waals surface area contributed by atoms with Gasteiger partial charge in [-0.2, -0.15) is 0 Å². The largest absolute Gasteiger partial charge is 0.481 e. The van der Waals surface area contributed by atoms with Crippen molar-refractivity contribution in [2.45, 2.75) is 25.7 Å². The zero-order valence-corrected chi connectivity index (χ0v) is 7.19. The van der Waals surface area contributed by atoms with Crippen LogP contribution in [0.3, 0.4) is 0 Å². The number of aliphatic carboxylic acids is 1. The standard InChI is InChI=1S/C9H11NO3/c11-9(12)6-2-1-3-7-5-10-13-8(7)4-6/h5-6H,1-4H2,(H,11,12)/t6-/m1/s1. The molecule has 0 fully saturated rings. The van der Waals surface area contributed by atoms with Crippen molar-refractivity contribution in [3.8, 4) is 0 Å². The molecule has 0 spiro atoms. The molecule has 1 atom stereocenters. The molecule has 1 heterocycles. The molecule has 1 aromatic rings. The Morgan fingerprint density at radius 1 is 1.69 bits per heavy atom. The maximum Gasteiger partial charge on any atom is 0.306 e. The van der Waals surface area contributed by atoms with E-state index in [1.807, 2.05) is 0 Å². The first-order chi connectivity index (χ1) is 6.27. The summed E-state index contributed by atoms with van der Waals surface area (Å²) in [6.45, 7) is 0. The van der Waals surface area contributed by atoms with E-state index in [0.29, 0.717) is 6.42 Å². The van der Waals surface area contributed by atoms with Crippen LogP contribution in [0, 0.1) is 5.92 Å². The fourth-order valence-electron chi connectivity index (χ4n) is 1.73. The maximum atomic E-state index is 10.8. The summed E-state index contributed by atoms with van der Waals surface area (Å²) in [5.41, 5.74) is 1.07. The van der Waals surface area contributed by atoms with Crippen LogP contribution in [0.1, 0.15) is 24.2 Å². The van der Waals surface area contributed by atoms with E-state index in [2.05, 4.69) is 5.16 Å². The highest BCUT2D eigenvalue weighted by Crippen LogP contribution is 2.24. The van der Waals surface area contributed by atoms with Crippen molar-refractivity contribution in [3.63, 3.8) is 0 Å². The van der Waals surface area contributed by atoms with Crippen LogP contribution < -0.4 is 0 Å². The van der Waals surface area contributed by atoms with Gasteiger partial charge in [-0.05, 0) is 19.3 Å². The number of aryl methyl sites for hydroxylation is 1. The molecule has 1 aliphatic rings. The Bertz CT molecular complexity index is 318. The van der Waals surface area contributed by atoms with Crippen LogP contribution in [0.25, 0.3) is 0 Å². The monoisotopic (exact) mass is 181 g/mol. The Morgan fingerprint density at radius 3 is 3.31 bits per heavy atom. The third-order valence-corrected chi connectivity index (χ3v) is 2.51. The smallest absolute Gasteiger partial charge is 0.306 e. The van der Waals surface area contributed by atoms with Gasteiger partial charge in [-0.25, -0.2) is 0 Å². The molecule has 1 aliphatic carbocycles. The van der Waals surface area contributed by atoms with Gasteiger partial charge in [-0.1, -0.05) is 5.16 Å².